The Hall–Kier alpha value is -3.97. The van der Waals surface area contributed by atoms with Crippen molar-refractivity contribution in [3.63, 3.8) is 0 Å². The highest BCUT2D eigenvalue weighted by atomic mass is 16.5. The quantitative estimate of drug-likeness (QED) is 0.171. The zero-order valence-corrected chi connectivity index (χ0v) is 18.9. The molecule has 0 saturated heterocycles. The molecule has 174 valence electrons. The Labute approximate surface area is 198 Å². The molecule has 4 aromatic rings. The summed E-state index contributed by atoms with van der Waals surface area (Å²) in [6.07, 6.45) is 8.72. The van der Waals surface area contributed by atoms with Crippen LogP contribution in [0.15, 0.2) is 79.3 Å². The highest BCUT2D eigenvalue weighted by Crippen LogP contribution is 2.27. The summed E-state index contributed by atoms with van der Waals surface area (Å²) < 4.78 is 0. The molecule has 0 unspecified atom stereocenters. The topological polar surface area (TPSA) is 98.3 Å². The van der Waals surface area contributed by atoms with E-state index >= 15 is 0 Å². The highest BCUT2D eigenvalue weighted by Gasteiger charge is 2.17. The fourth-order valence-electron chi connectivity index (χ4n) is 4.02. The van der Waals surface area contributed by atoms with Gasteiger partial charge in [0.25, 0.3) is 5.91 Å². The number of carbonyl (C=O) groups is 2. The van der Waals surface area contributed by atoms with E-state index < -0.39 is 0 Å². The fourth-order valence-corrected chi connectivity index (χ4v) is 4.02. The second-order valence-electron chi connectivity index (χ2n) is 8.22. The number of H-pyrrole nitrogens is 1. The van der Waals surface area contributed by atoms with Crippen molar-refractivity contribution < 1.29 is 14.8 Å². The standard InChI is InChI=1S/C27H28N4O3/c32-26(30-34)5-3-1-2-4-18-31(27(33)22-12-15-28-16-13-22)24-10-8-20(9-11-24)23-7-6-21-14-17-29-25(21)19-23/h6-17,19,29,34H,1-5,18H2,(H,30,32). The number of hydroxylamine groups is 1. The average molecular weight is 457 g/mol. The van der Waals surface area contributed by atoms with Crippen molar-refractivity contribution in [2.75, 3.05) is 11.4 Å². The summed E-state index contributed by atoms with van der Waals surface area (Å²) in [5.74, 6) is -0.437. The lowest BCUT2D eigenvalue weighted by molar-refractivity contribution is -0.129. The molecule has 0 bridgehead atoms. The minimum absolute atomic E-state index is 0.0670. The Balaban J connectivity index is 1.47. The van der Waals surface area contributed by atoms with Crippen LogP contribution in [0.25, 0.3) is 22.0 Å². The maximum Gasteiger partial charge on any atom is 0.258 e. The number of carbonyl (C=O) groups excluding carboxylic acids is 2. The molecule has 3 N–H and O–H groups in total. The van der Waals surface area contributed by atoms with Gasteiger partial charge in [-0.3, -0.25) is 19.8 Å². The maximum atomic E-state index is 13.3. The zero-order valence-electron chi connectivity index (χ0n) is 18.9. The summed E-state index contributed by atoms with van der Waals surface area (Å²) in [7, 11) is 0. The third-order valence-corrected chi connectivity index (χ3v) is 5.90. The number of aromatic amines is 1. The smallest absolute Gasteiger partial charge is 0.258 e. The second-order valence-corrected chi connectivity index (χ2v) is 8.22. The lowest BCUT2D eigenvalue weighted by atomic mass is 10.0. The molecule has 7 nitrogen and oxygen atoms in total. The zero-order chi connectivity index (χ0) is 23.8. The molecule has 0 radical (unpaired) electrons. The van der Waals surface area contributed by atoms with Crippen LogP contribution in [-0.2, 0) is 4.79 Å². The van der Waals surface area contributed by atoms with Gasteiger partial charge in [0.2, 0.25) is 5.91 Å². The van der Waals surface area contributed by atoms with Crippen molar-refractivity contribution in [3.8, 4) is 11.1 Å². The third kappa shape index (κ3) is 5.68. The van der Waals surface area contributed by atoms with E-state index in [1.807, 2.05) is 36.5 Å². The van der Waals surface area contributed by atoms with Crippen molar-refractivity contribution in [3.05, 3.63) is 84.8 Å². The number of nitrogens with zero attached hydrogens (tertiary/aromatic N) is 2. The van der Waals surface area contributed by atoms with Crippen molar-refractivity contribution in [2.24, 2.45) is 0 Å². The van der Waals surface area contributed by atoms with Crippen LogP contribution in [0.4, 0.5) is 5.69 Å². The van der Waals surface area contributed by atoms with Gasteiger partial charge in [-0.05, 0) is 65.8 Å². The highest BCUT2D eigenvalue weighted by molar-refractivity contribution is 6.06. The van der Waals surface area contributed by atoms with E-state index in [1.54, 1.807) is 34.9 Å². The van der Waals surface area contributed by atoms with Gasteiger partial charge in [-0.15, -0.1) is 0 Å². The van der Waals surface area contributed by atoms with Crippen LogP contribution in [0.2, 0.25) is 0 Å². The predicted octanol–water partition coefficient (Wildman–Crippen LogP) is 5.33. The number of benzene rings is 2. The summed E-state index contributed by atoms with van der Waals surface area (Å²) >= 11 is 0. The van der Waals surface area contributed by atoms with Crippen molar-refractivity contribution in [1.29, 1.82) is 0 Å². The number of hydrogen-bond donors (Lipinski definition) is 3. The van der Waals surface area contributed by atoms with Gasteiger partial charge in [0.1, 0.15) is 0 Å². The molecule has 2 aromatic heterocycles. The predicted molar refractivity (Wildman–Crippen MR) is 133 cm³/mol. The molecule has 2 heterocycles. The molecule has 0 aliphatic heterocycles. The fraction of sp³-hybridized carbons (Fsp3) is 0.222. The van der Waals surface area contributed by atoms with Crippen molar-refractivity contribution >= 4 is 28.4 Å². The van der Waals surface area contributed by atoms with Gasteiger partial charge in [-0.1, -0.05) is 37.1 Å². The first-order valence-corrected chi connectivity index (χ1v) is 11.5. The average Bonchev–Trinajstić information content (AvgIpc) is 3.36. The van der Waals surface area contributed by atoms with E-state index in [1.165, 1.54) is 5.39 Å². The first-order chi connectivity index (χ1) is 16.7. The molecule has 0 saturated carbocycles. The molecule has 0 atom stereocenters. The van der Waals surface area contributed by atoms with E-state index in [2.05, 4.69) is 28.2 Å². The molecule has 0 aliphatic carbocycles. The number of hydrogen-bond acceptors (Lipinski definition) is 4. The van der Waals surface area contributed by atoms with Crippen LogP contribution in [-0.4, -0.2) is 33.5 Å². The van der Waals surface area contributed by atoms with E-state index in [9.17, 15) is 9.59 Å². The molecular formula is C27H28N4O3. The third-order valence-electron chi connectivity index (χ3n) is 5.90. The van der Waals surface area contributed by atoms with Gasteiger partial charge in [0.15, 0.2) is 0 Å². The van der Waals surface area contributed by atoms with Crippen molar-refractivity contribution in [2.45, 2.75) is 32.1 Å². The van der Waals surface area contributed by atoms with Crippen LogP contribution < -0.4 is 10.4 Å². The van der Waals surface area contributed by atoms with Crippen LogP contribution in [0.1, 0.15) is 42.5 Å². The van der Waals surface area contributed by atoms with E-state index in [0.29, 0.717) is 24.9 Å². The SMILES string of the molecule is O=C(CCCCCCN(C(=O)c1ccncc1)c1ccc(-c2ccc3cc[nH]c3c2)cc1)NO. The maximum absolute atomic E-state index is 13.3. The summed E-state index contributed by atoms with van der Waals surface area (Å²) in [5.41, 5.74) is 6.37. The van der Waals surface area contributed by atoms with E-state index in [4.69, 9.17) is 5.21 Å². The Morgan fingerprint density at radius 1 is 0.882 bits per heavy atom. The first kappa shape index (κ1) is 23.2. The lowest BCUT2D eigenvalue weighted by Crippen LogP contribution is -2.32. The normalized spacial score (nSPS) is 10.9. The number of aromatic nitrogens is 2. The molecule has 0 spiro atoms. The molecule has 4 rings (SSSR count). The molecule has 34 heavy (non-hydrogen) atoms. The van der Waals surface area contributed by atoms with Gasteiger partial charge < -0.3 is 9.88 Å². The number of rotatable bonds is 10. The van der Waals surface area contributed by atoms with Gasteiger partial charge in [-0.25, -0.2) is 5.48 Å². The molecule has 7 heteroatoms. The number of fused-ring (bicyclic) bond motifs is 1. The number of unbranched alkanes of at least 4 members (excludes halogenated alkanes) is 3. The van der Waals surface area contributed by atoms with Crippen molar-refractivity contribution in [1.82, 2.24) is 15.4 Å². The molecule has 0 fully saturated rings. The van der Waals surface area contributed by atoms with E-state index in [-0.39, 0.29) is 11.8 Å². The number of pyridine rings is 1. The van der Waals surface area contributed by atoms with Crippen LogP contribution in [0.3, 0.4) is 0 Å². The Morgan fingerprint density at radius 3 is 2.38 bits per heavy atom. The number of amides is 2. The van der Waals surface area contributed by atoms with Gasteiger partial charge in [0, 0.05) is 48.3 Å². The number of anilines is 1. The summed E-state index contributed by atoms with van der Waals surface area (Å²) in [6.45, 7) is 0.571. The number of nitrogens with one attached hydrogen (secondary N) is 2. The van der Waals surface area contributed by atoms with Crippen LogP contribution in [0, 0.1) is 0 Å². The first-order valence-electron chi connectivity index (χ1n) is 11.5. The minimum atomic E-state index is -0.370. The van der Waals surface area contributed by atoms with Gasteiger partial charge in [0.05, 0.1) is 0 Å². The van der Waals surface area contributed by atoms with Crippen LogP contribution in [0.5, 0.6) is 0 Å². The van der Waals surface area contributed by atoms with Gasteiger partial charge >= 0.3 is 0 Å². The monoisotopic (exact) mass is 456 g/mol. The Bertz CT molecular complexity index is 1240. The molecule has 0 aliphatic rings. The molecular weight excluding hydrogens is 428 g/mol. The summed E-state index contributed by atoms with van der Waals surface area (Å²) in [6, 6.07) is 19.9. The van der Waals surface area contributed by atoms with Crippen LogP contribution >= 0.6 is 0 Å². The lowest BCUT2D eigenvalue weighted by Gasteiger charge is -2.23. The summed E-state index contributed by atoms with van der Waals surface area (Å²) in [4.78, 5) is 33.5. The second kappa shape index (κ2) is 11.2. The summed E-state index contributed by atoms with van der Waals surface area (Å²) in [5, 5.41) is 9.76. The van der Waals surface area contributed by atoms with Gasteiger partial charge in [-0.2, -0.15) is 0 Å². The minimum Gasteiger partial charge on any atom is -0.361 e. The molecule has 2 aromatic carbocycles. The largest absolute Gasteiger partial charge is 0.361 e. The Kier molecular flexibility index (Phi) is 7.67. The Morgan fingerprint density at radius 2 is 1.62 bits per heavy atom. The van der Waals surface area contributed by atoms with E-state index in [0.717, 1.165) is 41.6 Å². The molecule has 2 amide bonds.